The van der Waals surface area contributed by atoms with Gasteiger partial charge in [0, 0.05) is 6.54 Å². The second-order valence-electron chi connectivity index (χ2n) is 5.77. The molecule has 0 radical (unpaired) electrons. The summed E-state index contributed by atoms with van der Waals surface area (Å²) in [5.74, 6) is 1.21. The van der Waals surface area contributed by atoms with Gasteiger partial charge in [0.1, 0.15) is 11.6 Å². The second kappa shape index (κ2) is 5.52. The van der Waals surface area contributed by atoms with Gasteiger partial charge in [-0.3, -0.25) is 0 Å². The third kappa shape index (κ3) is 2.33. The van der Waals surface area contributed by atoms with Gasteiger partial charge >= 0.3 is 0 Å². The van der Waals surface area contributed by atoms with Gasteiger partial charge in [0.05, 0.1) is 17.1 Å². The van der Waals surface area contributed by atoms with Gasteiger partial charge < -0.3 is 10.3 Å². The van der Waals surface area contributed by atoms with Crippen LogP contribution in [-0.2, 0) is 6.54 Å². The molecule has 1 aliphatic carbocycles. The zero-order valence-electron chi connectivity index (χ0n) is 12.0. The maximum Gasteiger partial charge on any atom is 0.127 e. The van der Waals surface area contributed by atoms with Crippen molar-refractivity contribution in [2.24, 2.45) is 11.7 Å². The standard InChI is InChI=1S/C16H22FN3/c1-2-20-14-10-12(17)8-9-13(14)19-16(20)15(18)11-6-4-3-5-7-11/h8-11,15H,2-7,18H2,1H3. The zero-order chi connectivity index (χ0) is 14.1. The maximum absolute atomic E-state index is 13.4. The lowest BCUT2D eigenvalue weighted by molar-refractivity contribution is 0.297. The van der Waals surface area contributed by atoms with Crippen molar-refractivity contribution in [3.8, 4) is 0 Å². The van der Waals surface area contributed by atoms with Gasteiger partial charge in [0.2, 0.25) is 0 Å². The van der Waals surface area contributed by atoms with E-state index in [-0.39, 0.29) is 11.9 Å². The van der Waals surface area contributed by atoms with E-state index >= 15 is 0 Å². The minimum atomic E-state index is -0.218. The zero-order valence-corrected chi connectivity index (χ0v) is 12.0. The molecule has 1 saturated carbocycles. The molecule has 0 saturated heterocycles. The van der Waals surface area contributed by atoms with E-state index in [4.69, 9.17) is 5.73 Å². The van der Waals surface area contributed by atoms with Crippen LogP contribution in [0.2, 0.25) is 0 Å². The van der Waals surface area contributed by atoms with Crippen LogP contribution in [-0.4, -0.2) is 9.55 Å². The first-order valence-corrected chi connectivity index (χ1v) is 7.62. The van der Waals surface area contributed by atoms with Crippen LogP contribution < -0.4 is 5.73 Å². The topological polar surface area (TPSA) is 43.8 Å². The van der Waals surface area contributed by atoms with Crippen molar-refractivity contribution in [1.82, 2.24) is 9.55 Å². The van der Waals surface area contributed by atoms with Crippen LogP contribution in [0.4, 0.5) is 4.39 Å². The van der Waals surface area contributed by atoms with E-state index in [0.717, 1.165) is 23.4 Å². The number of halogens is 1. The van der Waals surface area contributed by atoms with Gasteiger partial charge in [-0.15, -0.1) is 0 Å². The molecule has 2 aromatic rings. The lowest BCUT2D eigenvalue weighted by Gasteiger charge is -2.27. The number of aryl methyl sites for hydroxylation is 1. The van der Waals surface area contributed by atoms with Crippen LogP contribution in [0.5, 0.6) is 0 Å². The second-order valence-corrected chi connectivity index (χ2v) is 5.77. The van der Waals surface area contributed by atoms with Gasteiger partial charge in [0.15, 0.2) is 0 Å². The minimum Gasteiger partial charge on any atom is -0.327 e. The number of rotatable bonds is 3. The first-order chi connectivity index (χ1) is 9.70. The molecule has 1 heterocycles. The number of benzene rings is 1. The molecule has 0 amide bonds. The quantitative estimate of drug-likeness (QED) is 0.926. The Kier molecular flexibility index (Phi) is 3.74. The van der Waals surface area contributed by atoms with E-state index in [9.17, 15) is 4.39 Å². The largest absolute Gasteiger partial charge is 0.327 e. The van der Waals surface area contributed by atoms with Crippen molar-refractivity contribution in [2.75, 3.05) is 0 Å². The molecule has 0 spiro atoms. The highest BCUT2D eigenvalue weighted by Gasteiger charge is 2.26. The fourth-order valence-corrected chi connectivity index (χ4v) is 3.41. The summed E-state index contributed by atoms with van der Waals surface area (Å²) in [6.45, 7) is 2.83. The van der Waals surface area contributed by atoms with Crippen molar-refractivity contribution in [2.45, 2.75) is 51.6 Å². The first-order valence-electron chi connectivity index (χ1n) is 7.62. The number of nitrogens with zero attached hydrogens (tertiary/aromatic N) is 2. The Morgan fingerprint density at radius 2 is 2.10 bits per heavy atom. The normalized spacial score (nSPS) is 18.6. The number of imidazole rings is 1. The molecule has 1 aromatic carbocycles. The molecule has 3 nitrogen and oxygen atoms in total. The Bertz CT molecular complexity index is 599. The van der Waals surface area contributed by atoms with E-state index in [1.807, 2.05) is 0 Å². The van der Waals surface area contributed by atoms with Crippen molar-refractivity contribution in [3.63, 3.8) is 0 Å². The molecule has 1 atom stereocenters. The van der Waals surface area contributed by atoms with Crippen LogP contribution >= 0.6 is 0 Å². The highest BCUT2D eigenvalue weighted by Crippen LogP contribution is 2.33. The molecule has 0 bridgehead atoms. The third-order valence-electron chi connectivity index (χ3n) is 4.51. The van der Waals surface area contributed by atoms with Gasteiger partial charge in [0.25, 0.3) is 0 Å². The molecular formula is C16H22FN3. The molecule has 3 rings (SSSR count). The summed E-state index contributed by atoms with van der Waals surface area (Å²) in [5, 5.41) is 0. The first kappa shape index (κ1) is 13.6. The lowest BCUT2D eigenvalue weighted by Crippen LogP contribution is -2.26. The van der Waals surface area contributed by atoms with Gasteiger partial charge in [-0.2, -0.15) is 0 Å². The SMILES string of the molecule is CCn1c(C(N)C2CCCCC2)nc2ccc(F)cc21. The molecule has 1 aliphatic rings. The third-order valence-corrected chi connectivity index (χ3v) is 4.51. The molecule has 1 fully saturated rings. The van der Waals surface area contributed by atoms with Gasteiger partial charge in [-0.25, -0.2) is 9.37 Å². The number of hydrogen-bond donors (Lipinski definition) is 1. The van der Waals surface area contributed by atoms with Crippen LogP contribution in [0.25, 0.3) is 11.0 Å². The minimum absolute atomic E-state index is 0.0364. The Hall–Kier alpha value is -1.42. The lowest BCUT2D eigenvalue weighted by atomic mass is 9.84. The van der Waals surface area contributed by atoms with Crippen molar-refractivity contribution in [1.29, 1.82) is 0 Å². The van der Waals surface area contributed by atoms with Crippen molar-refractivity contribution in [3.05, 3.63) is 29.8 Å². The van der Waals surface area contributed by atoms with E-state index in [1.54, 1.807) is 12.1 Å². The fourth-order valence-electron chi connectivity index (χ4n) is 3.41. The Morgan fingerprint density at radius 1 is 1.35 bits per heavy atom. The smallest absolute Gasteiger partial charge is 0.127 e. The fraction of sp³-hybridized carbons (Fsp3) is 0.562. The summed E-state index contributed by atoms with van der Waals surface area (Å²) in [7, 11) is 0. The maximum atomic E-state index is 13.4. The van der Waals surface area contributed by atoms with E-state index < -0.39 is 0 Å². The van der Waals surface area contributed by atoms with E-state index in [1.165, 1.54) is 38.2 Å². The van der Waals surface area contributed by atoms with E-state index in [2.05, 4.69) is 16.5 Å². The highest BCUT2D eigenvalue weighted by molar-refractivity contribution is 5.76. The summed E-state index contributed by atoms with van der Waals surface area (Å²) in [6.07, 6.45) is 6.21. The molecule has 1 unspecified atom stereocenters. The molecule has 108 valence electrons. The summed E-state index contributed by atoms with van der Waals surface area (Å²) < 4.78 is 15.5. The molecule has 0 aliphatic heterocycles. The molecule has 4 heteroatoms. The highest BCUT2D eigenvalue weighted by atomic mass is 19.1. The summed E-state index contributed by atoms with van der Waals surface area (Å²) in [6, 6.07) is 4.73. The van der Waals surface area contributed by atoms with Crippen LogP contribution in [0.1, 0.15) is 50.9 Å². The Balaban J connectivity index is 2.01. The average Bonchev–Trinajstić information content (AvgIpc) is 2.85. The van der Waals surface area contributed by atoms with Crippen LogP contribution in [0.15, 0.2) is 18.2 Å². The van der Waals surface area contributed by atoms with Crippen molar-refractivity contribution < 1.29 is 4.39 Å². The summed E-state index contributed by atoms with van der Waals surface area (Å²) in [5.41, 5.74) is 8.17. The number of aromatic nitrogens is 2. The molecule has 2 N–H and O–H groups in total. The summed E-state index contributed by atoms with van der Waals surface area (Å²) in [4.78, 5) is 4.67. The number of hydrogen-bond acceptors (Lipinski definition) is 2. The monoisotopic (exact) mass is 275 g/mol. The Morgan fingerprint density at radius 3 is 2.80 bits per heavy atom. The molecule has 20 heavy (non-hydrogen) atoms. The van der Waals surface area contributed by atoms with Crippen molar-refractivity contribution >= 4 is 11.0 Å². The molecular weight excluding hydrogens is 253 g/mol. The van der Waals surface area contributed by atoms with Gasteiger partial charge in [-0.05, 0) is 43.9 Å². The summed E-state index contributed by atoms with van der Waals surface area (Å²) >= 11 is 0. The Labute approximate surface area is 119 Å². The predicted molar refractivity (Wildman–Crippen MR) is 78.9 cm³/mol. The molecule has 1 aromatic heterocycles. The van der Waals surface area contributed by atoms with Crippen LogP contribution in [0.3, 0.4) is 0 Å². The predicted octanol–water partition coefficient (Wildman–Crippen LogP) is 3.78. The van der Waals surface area contributed by atoms with Crippen LogP contribution in [0, 0.1) is 11.7 Å². The van der Waals surface area contributed by atoms with Gasteiger partial charge in [-0.1, -0.05) is 19.3 Å². The average molecular weight is 275 g/mol. The van der Waals surface area contributed by atoms with E-state index in [0.29, 0.717) is 5.92 Å². The number of fused-ring (bicyclic) bond motifs is 1. The number of nitrogens with two attached hydrogens (primary N) is 1.